The third-order valence-corrected chi connectivity index (χ3v) is 5.44. The number of aromatic amines is 1. The van der Waals surface area contributed by atoms with Gasteiger partial charge in [0.25, 0.3) is 5.56 Å². The molecule has 0 saturated carbocycles. The number of nitrogens with one attached hydrogen (secondary N) is 1. The normalized spacial score (nSPS) is 14.3. The number of ketones is 1. The van der Waals surface area contributed by atoms with Crippen LogP contribution >= 0.6 is 0 Å². The topological polar surface area (TPSA) is 113 Å². The van der Waals surface area contributed by atoms with E-state index in [-0.39, 0.29) is 36.3 Å². The van der Waals surface area contributed by atoms with E-state index in [0.29, 0.717) is 24.8 Å². The number of H-pyrrole nitrogens is 1. The number of Topliss-reactive ketones (excluding diaryl/α,β-unsaturated/α-hetero) is 1. The second-order valence-corrected chi connectivity index (χ2v) is 7.91. The SMILES string of the molecule is COC(C)(CO)CCC(C)c1nc(C(=O)CCc2ccc(F)c(C)c2)c(O)c(=O)[nH]1. The largest absolute Gasteiger partial charge is 0.501 e. The first-order valence-corrected chi connectivity index (χ1v) is 9.87. The van der Waals surface area contributed by atoms with Gasteiger partial charge in [0.05, 0.1) is 12.2 Å². The van der Waals surface area contributed by atoms with Crippen molar-refractivity contribution in [2.24, 2.45) is 0 Å². The van der Waals surface area contributed by atoms with E-state index in [0.717, 1.165) is 5.56 Å². The summed E-state index contributed by atoms with van der Waals surface area (Å²) in [7, 11) is 1.51. The standard InChI is InChI=1S/C22H29FN2O5/c1-13(9-10-22(3,12-26)30-4)20-24-18(19(28)21(29)25-20)17(27)8-6-15-5-7-16(23)14(2)11-15/h5,7,11,13,26,28H,6,8-10,12H2,1-4H3,(H,24,25,29). The van der Waals surface area contributed by atoms with Crippen LogP contribution in [0.25, 0.3) is 0 Å². The Morgan fingerprint density at radius 3 is 2.70 bits per heavy atom. The molecule has 1 aromatic heterocycles. The lowest BCUT2D eigenvalue weighted by atomic mass is 9.94. The van der Waals surface area contributed by atoms with E-state index in [4.69, 9.17) is 4.74 Å². The third-order valence-electron chi connectivity index (χ3n) is 5.44. The number of halogens is 1. The fourth-order valence-electron chi connectivity index (χ4n) is 3.06. The minimum Gasteiger partial charge on any atom is -0.501 e. The van der Waals surface area contributed by atoms with E-state index < -0.39 is 22.7 Å². The summed E-state index contributed by atoms with van der Waals surface area (Å²) < 4.78 is 18.7. The zero-order valence-corrected chi connectivity index (χ0v) is 17.8. The molecule has 8 heteroatoms. The summed E-state index contributed by atoms with van der Waals surface area (Å²) in [6.07, 6.45) is 1.41. The molecule has 0 fully saturated rings. The number of aromatic nitrogens is 2. The highest BCUT2D eigenvalue weighted by Gasteiger charge is 2.25. The number of aliphatic hydroxyl groups excluding tert-OH is 1. The fourth-order valence-corrected chi connectivity index (χ4v) is 3.06. The maximum atomic E-state index is 13.4. The first-order valence-electron chi connectivity index (χ1n) is 9.87. The van der Waals surface area contributed by atoms with Crippen LogP contribution in [0.1, 0.15) is 66.5 Å². The van der Waals surface area contributed by atoms with Crippen molar-refractivity contribution in [1.29, 1.82) is 0 Å². The zero-order chi connectivity index (χ0) is 22.5. The van der Waals surface area contributed by atoms with Crippen molar-refractivity contribution >= 4 is 5.78 Å². The minimum atomic E-state index is -0.774. The molecule has 0 aliphatic rings. The number of aromatic hydroxyl groups is 1. The van der Waals surface area contributed by atoms with Gasteiger partial charge in [-0.2, -0.15) is 0 Å². The summed E-state index contributed by atoms with van der Waals surface area (Å²) in [5.41, 5.74) is -0.486. The summed E-state index contributed by atoms with van der Waals surface area (Å²) in [6, 6.07) is 4.61. The third kappa shape index (κ3) is 5.73. The van der Waals surface area contributed by atoms with Gasteiger partial charge in [-0.05, 0) is 50.3 Å². The van der Waals surface area contributed by atoms with Crippen molar-refractivity contribution in [2.45, 2.75) is 58.0 Å². The van der Waals surface area contributed by atoms with Crippen LogP contribution in [0.2, 0.25) is 0 Å². The molecule has 2 aromatic rings. The second kappa shape index (κ2) is 9.95. The molecule has 0 spiro atoms. The molecule has 0 amide bonds. The molecular weight excluding hydrogens is 391 g/mol. The van der Waals surface area contributed by atoms with Crippen molar-refractivity contribution in [3.05, 3.63) is 57.0 Å². The van der Waals surface area contributed by atoms with Crippen molar-refractivity contribution in [2.75, 3.05) is 13.7 Å². The van der Waals surface area contributed by atoms with E-state index in [1.807, 2.05) is 6.92 Å². The maximum absolute atomic E-state index is 13.4. The number of aryl methyl sites for hydroxylation is 2. The molecule has 30 heavy (non-hydrogen) atoms. The second-order valence-electron chi connectivity index (χ2n) is 7.91. The Bertz CT molecular complexity index is 953. The summed E-state index contributed by atoms with van der Waals surface area (Å²) in [4.78, 5) is 31.5. The van der Waals surface area contributed by atoms with E-state index in [2.05, 4.69) is 9.97 Å². The first-order chi connectivity index (χ1) is 14.1. The Balaban J connectivity index is 2.15. The van der Waals surface area contributed by atoms with E-state index >= 15 is 0 Å². The molecule has 164 valence electrons. The Labute approximate surface area is 174 Å². The highest BCUT2D eigenvalue weighted by Crippen LogP contribution is 2.25. The smallest absolute Gasteiger partial charge is 0.293 e. The monoisotopic (exact) mass is 420 g/mol. The van der Waals surface area contributed by atoms with Gasteiger partial charge in [0.1, 0.15) is 11.6 Å². The van der Waals surface area contributed by atoms with Gasteiger partial charge in [0.15, 0.2) is 11.5 Å². The molecule has 1 heterocycles. The molecule has 7 nitrogen and oxygen atoms in total. The number of benzene rings is 1. The van der Waals surface area contributed by atoms with Crippen molar-refractivity contribution < 1.29 is 24.1 Å². The molecule has 2 unspecified atom stereocenters. The lowest BCUT2D eigenvalue weighted by molar-refractivity contribution is -0.0453. The predicted octanol–water partition coefficient (Wildman–Crippen LogP) is 3.02. The number of hydrogen-bond acceptors (Lipinski definition) is 6. The predicted molar refractivity (Wildman–Crippen MR) is 110 cm³/mol. The van der Waals surface area contributed by atoms with Crippen LogP contribution < -0.4 is 5.56 Å². The fraction of sp³-hybridized carbons (Fsp3) is 0.500. The van der Waals surface area contributed by atoms with Gasteiger partial charge in [-0.3, -0.25) is 9.59 Å². The van der Waals surface area contributed by atoms with Gasteiger partial charge in [-0.25, -0.2) is 9.37 Å². The molecule has 0 aliphatic heterocycles. The molecule has 1 aromatic carbocycles. The van der Waals surface area contributed by atoms with Gasteiger partial charge >= 0.3 is 0 Å². The van der Waals surface area contributed by atoms with Gasteiger partial charge in [0.2, 0.25) is 5.75 Å². The van der Waals surface area contributed by atoms with Crippen LogP contribution in [-0.2, 0) is 11.2 Å². The van der Waals surface area contributed by atoms with E-state index in [9.17, 15) is 24.2 Å². The van der Waals surface area contributed by atoms with E-state index in [1.165, 1.54) is 13.2 Å². The summed E-state index contributed by atoms with van der Waals surface area (Å²) in [5, 5.41) is 19.5. The molecule has 0 radical (unpaired) electrons. The molecule has 2 rings (SSSR count). The van der Waals surface area contributed by atoms with Gasteiger partial charge in [0, 0.05) is 19.4 Å². The Morgan fingerprint density at radius 1 is 1.40 bits per heavy atom. The number of aliphatic hydroxyl groups is 1. The Kier molecular flexibility index (Phi) is 7.86. The highest BCUT2D eigenvalue weighted by molar-refractivity contribution is 5.96. The minimum absolute atomic E-state index is 0.0230. The summed E-state index contributed by atoms with van der Waals surface area (Å²) in [6.45, 7) is 5.10. The highest BCUT2D eigenvalue weighted by atomic mass is 19.1. The number of ether oxygens (including phenoxy) is 1. The Morgan fingerprint density at radius 2 is 2.10 bits per heavy atom. The lowest BCUT2D eigenvalue weighted by Crippen LogP contribution is -2.32. The van der Waals surface area contributed by atoms with Crippen LogP contribution in [0.15, 0.2) is 23.0 Å². The number of carbonyl (C=O) groups excluding carboxylic acids is 1. The van der Waals surface area contributed by atoms with Gasteiger partial charge in [-0.15, -0.1) is 0 Å². The van der Waals surface area contributed by atoms with Crippen molar-refractivity contribution in [3.8, 4) is 5.75 Å². The Hall–Kier alpha value is -2.58. The molecular formula is C22H29FN2O5. The van der Waals surface area contributed by atoms with Crippen LogP contribution in [-0.4, -0.2) is 45.3 Å². The number of methoxy groups -OCH3 is 1. The molecule has 0 aliphatic carbocycles. The first kappa shape index (κ1) is 23.7. The van der Waals surface area contributed by atoms with Crippen LogP contribution in [0, 0.1) is 12.7 Å². The van der Waals surface area contributed by atoms with Crippen LogP contribution in [0.4, 0.5) is 4.39 Å². The van der Waals surface area contributed by atoms with Gasteiger partial charge in [-0.1, -0.05) is 19.1 Å². The molecule has 3 N–H and O–H groups in total. The number of hydrogen-bond donors (Lipinski definition) is 3. The number of nitrogens with zero attached hydrogens (tertiary/aromatic N) is 1. The summed E-state index contributed by atoms with van der Waals surface area (Å²) in [5.74, 6) is -1.43. The van der Waals surface area contributed by atoms with Crippen molar-refractivity contribution in [1.82, 2.24) is 9.97 Å². The van der Waals surface area contributed by atoms with Crippen LogP contribution in [0.3, 0.4) is 0 Å². The van der Waals surface area contributed by atoms with E-state index in [1.54, 1.807) is 26.0 Å². The average molecular weight is 420 g/mol. The quantitative estimate of drug-likeness (QED) is 0.510. The zero-order valence-electron chi connectivity index (χ0n) is 17.8. The van der Waals surface area contributed by atoms with Crippen molar-refractivity contribution in [3.63, 3.8) is 0 Å². The van der Waals surface area contributed by atoms with Gasteiger partial charge < -0.3 is 19.9 Å². The number of rotatable bonds is 10. The maximum Gasteiger partial charge on any atom is 0.293 e. The molecule has 2 atom stereocenters. The molecule has 0 saturated heterocycles. The summed E-state index contributed by atoms with van der Waals surface area (Å²) >= 11 is 0. The molecule has 0 bridgehead atoms. The lowest BCUT2D eigenvalue weighted by Gasteiger charge is -2.26. The van der Waals surface area contributed by atoms with Crippen LogP contribution in [0.5, 0.6) is 5.75 Å². The number of carbonyl (C=O) groups is 1. The average Bonchev–Trinajstić information content (AvgIpc) is 2.74.